The van der Waals surface area contributed by atoms with Gasteiger partial charge in [0, 0.05) is 48.8 Å². The summed E-state index contributed by atoms with van der Waals surface area (Å²) < 4.78 is 43.7. The predicted molar refractivity (Wildman–Crippen MR) is 172 cm³/mol. The highest BCUT2D eigenvalue weighted by Crippen LogP contribution is 2.36. The number of carbonyl (C=O) groups excluding carboxylic acids is 1. The second-order valence-corrected chi connectivity index (χ2v) is 12.1. The minimum Gasteiger partial charge on any atom is -0.634 e. The predicted octanol–water partition coefficient (Wildman–Crippen LogP) is 4.11. The smallest absolute Gasteiger partial charge is 0.404 e. The zero-order chi connectivity index (χ0) is 33.9. The first-order chi connectivity index (χ1) is 23.1. The summed E-state index contributed by atoms with van der Waals surface area (Å²) in [6.45, 7) is 3.03. The average molecular weight is 661 g/mol. The standard InChI is InChI=1S/C35H35F3N6O4/c1-20-5-8-22(33(45)39-15-11-21-6-9-23(36)10-7-21)19-26(20)30-25-14-18-44(48)32(29-27(37)3-2-4-28(29)38)31(25)42-34(41-30)43-16-12-24(13-17-43)40-35(46)47/h2-10,19,24,32,40,44H,11-18H2,1H3,(H,39,45)(H,46,47). The molecule has 4 aromatic rings. The molecule has 1 saturated heterocycles. The molecule has 2 amide bonds. The van der Waals surface area contributed by atoms with Crippen LogP contribution in [0, 0.1) is 29.6 Å². The Morgan fingerprint density at radius 3 is 2.42 bits per heavy atom. The van der Waals surface area contributed by atoms with Crippen LogP contribution in [0.2, 0.25) is 0 Å². The van der Waals surface area contributed by atoms with Crippen LogP contribution in [-0.2, 0) is 12.8 Å². The van der Waals surface area contributed by atoms with Crippen molar-refractivity contribution in [1.29, 1.82) is 0 Å². The van der Waals surface area contributed by atoms with E-state index in [2.05, 4.69) is 10.6 Å². The molecule has 0 radical (unpaired) electrons. The number of nitrogens with zero attached hydrogens (tertiary/aromatic N) is 3. The first kappa shape index (κ1) is 32.9. The molecule has 1 fully saturated rings. The molecule has 4 N–H and O–H groups in total. The summed E-state index contributed by atoms with van der Waals surface area (Å²) in [6.07, 6.45) is 0.615. The van der Waals surface area contributed by atoms with Crippen molar-refractivity contribution < 1.29 is 32.9 Å². The molecule has 13 heteroatoms. The number of anilines is 1. The van der Waals surface area contributed by atoms with Gasteiger partial charge in [0.05, 0.1) is 17.8 Å². The molecule has 2 atom stereocenters. The summed E-state index contributed by atoms with van der Waals surface area (Å²) in [5.41, 5.74) is 3.54. The highest BCUT2D eigenvalue weighted by molar-refractivity contribution is 5.95. The second-order valence-electron chi connectivity index (χ2n) is 12.1. The van der Waals surface area contributed by atoms with E-state index in [0.717, 1.165) is 23.3 Å². The summed E-state index contributed by atoms with van der Waals surface area (Å²) in [6, 6.07) is 13.2. The van der Waals surface area contributed by atoms with E-state index in [1.54, 1.807) is 30.3 Å². The molecule has 0 saturated carbocycles. The molecule has 2 unspecified atom stereocenters. The highest BCUT2D eigenvalue weighted by atomic mass is 19.1. The van der Waals surface area contributed by atoms with Crippen LogP contribution in [0.25, 0.3) is 11.3 Å². The summed E-state index contributed by atoms with van der Waals surface area (Å²) in [7, 11) is 0. The number of halogens is 3. The second kappa shape index (κ2) is 14.0. The quantitative estimate of drug-likeness (QED) is 0.209. The van der Waals surface area contributed by atoms with E-state index in [-0.39, 0.29) is 53.0 Å². The molecule has 48 heavy (non-hydrogen) atoms. The minimum atomic E-state index is -1.29. The lowest BCUT2D eigenvalue weighted by atomic mass is 9.89. The van der Waals surface area contributed by atoms with Crippen molar-refractivity contribution in [2.45, 2.75) is 44.7 Å². The Kier molecular flexibility index (Phi) is 9.60. The number of carbonyl (C=O) groups is 2. The fraction of sp³-hybridized carbons (Fsp3) is 0.314. The van der Waals surface area contributed by atoms with Crippen LogP contribution in [0.5, 0.6) is 0 Å². The van der Waals surface area contributed by atoms with Gasteiger partial charge in [0.1, 0.15) is 23.1 Å². The molecule has 0 spiro atoms. The molecule has 250 valence electrons. The number of carboxylic acid groups (broad SMARTS) is 1. The van der Waals surface area contributed by atoms with Crippen molar-refractivity contribution in [2.24, 2.45) is 0 Å². The Morgan fingerprint density at radius 2 is 1.73 bits per heavy atom. The van der Waals surface area contributed by atoms with E-state index >= 15 is 8.78 Å². The number of hydrogen-bond donors (Lipinski definition) is 4. The molecular formula is C35H35F3N6O4. The maximum atomic E-state index is 15.2. The fourth-order valence-corrected chi connectivity index (χ4v) is 6.46. The van der Waals surface area contributed by atoms with Gasteiger partial charge in [-0.2, -0.15) is 0 Å². The minimum absolute atomic E-state index is 0.0238. The van der Waals surface area contributed by atoms with Gasteiger partial charge in [0.15, 0.2) is 6.04 Å². The molecule has 6 rings (SSSR count). The lowest BCUT2D eigenvalue weighted by molar-refractivity contribution is -0.878. The van der Waals surface area contributed by atoms with E-state index in [4.69, 9.17) is 15.1 Å². The monoisotopic (exact) mass is 660 g/mol. The summed E-state index contributed by atoms with van der Waals surface area (Å²) in [5, 5.41) is 27.6. The summed E-state index contributed by atoms with van der Waals surface area (Å²) >= 11 is 0. The highest BCUT2D eigenvalue weighted by Gasteiger charge is 2.37. The van der Waals surface area contributed by atoms with Gasteiger partial charge < -0.3 is 30.9 Å². The van der Waals surface area contributed by atoms with Crippen LogP contribution < -0.4 is 20.6 Å². The lowest BCUT2D eigenvalue weighted by Gasteiger charge is -2.38. The van der Waals surface area contributed by atoms with Crippen molar-refractivity contribution in [2.75, 3.05) is 31.1 Å². The summed E-state index contributed by atoms with van der Waals surface area (Å²) in [4.78, 5) is 36.1. The third kappa shape index (κ3) is 6.97. The summed E-state index contributed by atoms with van der Waals surface area (Å²) in [5.74, 6) is -2.10. The van der Waals surface area contributed by atoms with Gasteiger partial charge in [-0.3, -0.25) is 4.79 Å². The number of hydrogen-bond acceptors (Lipinski definition) is 6. The number of aromatic nitrogens is 2. The van der Waals surface area contributed by atoms with Gasteiger partial charge >= 0.3 is 6.09 Å². The molecule has 10 nitrogen and oxygen atoms in total. The molecule has 2 aliphatic rings. The van der Waals surface area contributed by atoms with Crippen molar-refractivity contribution in [3.63, 3.8) is 0 Å². The maximum absolute atomic E-state index is 15.2. The first-order valence-corrected chi connectivity index (χ1v) is 15.8. The van der Waals surface area contributed by atoms with Gasteiger partial charge in [-0.05, 0) is 73.7 Å². The average Bonchev–Trinajstić information content (AvgIpc) is 3.06. The fourth-order valence-electron chi connectivity index (χ4n) is 6.46. The van der Waals surface area contributed by atoms with Crippen molar-refractivity contribution in [3.05, 3.63) is 117 Å². The number of piperidine rings is 1. The molecule has 1 aromatic heterocycles. The number of nitrogens with one attached hydrogen (secondary N) is 3. The number of quaternary nitrogens is 1. The molecular weight excluding hydrogens is 625 g/mol. The lowest BCUT2D eigenvalue weighted by Crippen LogP contribution is -3.09. The van der Waals surface area contributed by atoms with Crippen LogP contribution >= 0.6 is 0 Å². The van der Waals surface area contributed by atoms with Gasteiger partial charge in [-0.25, -0.2) is 27.9 Å². The van der Waals surface area contributed by atoms with E-state index in [1.807, 2.05) is 11.8 Å². The van der Waals surface area contributed by atoms with Crippen molar-refractivity contribution in [1.82, 2.24) is 20.6 Å². The third-order valence-corrected chi connectivity index (χ3v) is 9.01. The molecule has 3 heterocycles. The van der Waals surface area contributed by atoms with Gasteiger partial charge in [-0.1, -0.05) is 24.3 Å². The normalized spacial score (nSPS) is 17.9. The molecule has 2 aliphatic heterocycles. The van der Waals surface area contributed by atoms with Gasteiger partial charge in [-0.15, -0.1) is 0 Å². The zero-order valence-electron chi connectivity index (χ0n) is 26.2. The van der Waals surface area contributed by atoms with E-state index < -0.39 is 23.8 Å². The van der Waals surface area contributed by atoms with E-state index in [1.165, 1.54) is 18.2 Å². The maximum Gasteiger partial charge on any atom is 0.404 e. The number of aryl methyl sites for hydroxylation is 1. The zero-order valence-corrected chi connectivity index (χ0v) is 26.2. The SMILES string of the molecule is Cc1ccc(C(=O)NCCc2ccc(F)cc2)cc1-c1nc(N2CCC(NC(=O)O)CC2)nc2c1CC[NH+]([O-])C2c1c(F)cccc1F. The Bertz CT molecular complexity index is 1810. The number of benzene rings is 3. The number of fused-ring (bicyclic) bond motifs is 1. The molecule has 3 aromatic carbocycles. The Labute approximate surface area is 275 Å². The molecule has 0 bridgehead atoms. The Hall–Kier alpha value is -5.01. The van der Waals surface area contributed by atoms with Crippen LogP contribution in [0.1, 0.15) is 57.2 Å². The van der Waals surface area contributed by atoms with E-state index in [9.17, 15) is 19.2 Å². The molecule has 0 aliphatic carbocycles. The van der Waals surface area contributed by atoms with Crippen LogP contribution in [0.15, 0.2) is 60.7 Å². The van der Waals surface area contributed by atoms with Crippen LogP contribution in [0.4, 0.5) is 23.9 Å². The number of rotatable bonds is 8. The van der Waals surface area contributed by atoms with E-state index in [0.29, 0.717) is 61.3 Å². The largest absolute Gasteiger partial charge is 0.634 e. The van der Waals surface area contributed by atoms with Gasteiger partial charge in [0.2, 0.25) is 5.95 Å². The van der Waals surface area contributed by atoms with Crippen molar-refractivity contribution >= 4 is 17.9 Å². The Morgan fingerprint density at radius 1 is 1.02 bits per heavy atom. The number of hydroxylamine groups is 2. The Balaban J connectivity index is 1.38. The first-order valence-electron chi connectivity index (χ1n) is 15.8. The van der Waals surface area contributed by atoms with Crippen LogP contribution in [-0.4, -0.2) is 59.3 Å². The topological polar surface area (TPSA) is 135 Å². The van der Waals surface area contributed by atoms with Crippen molar-refractivity contribution in [3.8, 4) is 11.3 Å². The van der Waals surface area contributed by atoms with Crippen LogP contribution in [0.3, 0.4) is 0 Å². The van der Waals surface area contributed by atoms with Gasteiger partial charge in [0.25, 0.3) is 5.91 Å². The number of amides is 2. The third-order valence-electron chi connectivity index (χ3n) is 9.01.